The van der Waals surface area contributed by atoms with Crippen LogP contribution in [-0.2, 0) is 0 Å². The lowest BCUT2D eigenvalue weighted by Gasteiger charge is -1.62. The highest BCUT2D eigenvalue weighted by molar-refractivity contribution is 9.10. The van der Waals surface area contributed by atoms with Crippen LogP contribution in [0.15, 0.2) is 6.08 Å². The zero-order chi connectivity index (χ0) is 4.12. The van der Waals surface area contributed by atoms with Crippen molar-refractivity contribution in [2.24, 2.45) is 0 Å². The molecule has 0 rings (SSSR count). The van der Waals surface area contributed by atoms with Gasteiger partial charge < -0.3 is 0 Å². The maximum Gasteiger partial charge on any atom is 0.0274 e. The van der Waals surface area contributed by atoms with Crippen LogP contribution in [-0.4, -0.2) is 0 Å². The summed E-state index contributed by atoms with van der Waals surface area (Å²) in [5.74, 6) is 0. The fraction of sp³-hybridized carbons (Fsp3) is 0.500. The van der Waals surface area contributed by atoms with Gasteiger partial charge in [-0.25, -0.2) is 0 Å². The monoisotopic (exact) mass is 133 g/mol. The molecule has 29 valence electrons. The smallest absolute Gasteiger partial charge is 0.0274 e. The van der Waals surface area contributed by atoms with Crippen molar-refractivity contribution in [3.63, 3.8) is 0 Å². The molecule has 1 heteroatoms. The maximum atomic E-state index is 3.00. The third-order valence-electron chi connectivity index (χ3n) is 0.281. The van der Waals surface area contributed by atoms with Gasteiger partial charge in [-0.1, -0.05) is 13.0 Å². The predicted octanol–water partition coefficient (Wildman–Crippen LogP) is 2.11. The van der Waals surface area contributed by atoms with Crippen LogP contribution in [0, 0.1) is 4.99 Å². The van der Waals surface area contributed by atoms with Gasteiger partial charge >= 0.3 is 0 Å². The summed E-state index contributed by atoms with van der Waals surface area (Å²) in [4.78, 5) is 2.70. The van der Waals surface area contributed by atoms with Crippen molar-refractivity contribution in [3.8, 4) is 0 Å². The molecule has 0 aliphatic carbocycles. The maximum absolute atomic E-state index is 3.00. The largest absolute Gasteiger partial charge is 0.0694 e. The van der Waals surface area contributed by atoms with Crippen LogP contribution in [0.1, 0.15) is 13.3 Å². The van der Waals surface area contributed by atoms with Gasteiger partial charge in [-0.15, -0.1) is 0 Å². The Bertz CT molecular complexity index is 30.6. The van der Waals surface area contributed by atoms with Crippen LogP contribution >= 0.6 is 15.9 Å². The zero-order valence-electron chi connectivity index (χ0n) is 3.16. The second-order valence-corrected chi connectivity index (χ2v) is 1.18. The first-order valence-corrected chi connectivity index (χ1v) is 2.39. The molecule has 0 aromatic heterocycles. The highest BCUT2D eigenvalue weighted by Gasteiger charge is 1.54. The van der Waals surface area contributed by atoms with Crippen LogP contribution in [0.5, 0.6) is 0 Å². The normalized spacial score (nSPS) is 10.0. The fourth-order valence-electron chi connectivity index (χ4n) is 0.0772. The third kappa shape index (κ3) is 4.22. The fourth-order valence-corrected chi connectivity index (χ4v) is 0.401. The minimum atomic E-state index is 1.06. The molecule has 1 radical (unpaired) electrons. The van der Waals surface area contributed by atoms with Gasteiger partial charge in [0.15, 0.2) is 0 Å². The minimum Gasteiger partial charge on any atom is -0.0694 e. The van der Waals surface area contributed by atoms with Gasteiger partial charge in [0.25, 0.3) is 0 Å². The zero-order valence-corrected chi connectivity index (χ0v) is 4.75. The molecule has 5 heavy (non-hydrogen) atoms. The van der Waals surface area contributed by atoms with Gasteiger partial charge in [-0.05, 0) is 22.4 Å². The standard InChI is InChI=1S/C4H6Br/c1-2-3-4-5/h3H,2H2,1H3. The lowest BCUT2D eigenvalue weighted by molar-refractivity contribution is 1.23. The van der Waals surface area contributed by atoms with Gasteiger partial charge in [-0.3, -0.25) is 0 Å². The Balaban J connectivity index is 2.62. The average molecular weight is 134 g/mol. The molecule has 0 N–H and O–H groups in total. The molecule has 0 saturated heterocycles. The Morgan fingerprint density at radius 2 is 2.60 bits per heavy atom. The van der Waals surface area contributed by atoms with Gasteiger partial charge in [-0.2, -0.15) is 0 Å². The molecule has 0 atom stereocenters. The first kappa shape index (κ1) is 5.22. The topological polar surface area (TPSA) is 0 Å². The van der Waals surface area contributed by atoms with Crippen LogP contribution in [0.4, 0.5) is 0 Å². The predicted molar refractivity (Wildman–Crippen MR) is 27.0 cm³/mol. The summed E-state index contributed by atoms with van der Waals surface area (Å²) >= 11 is 3.00. The second kappa shape index (κ2) is 4.22. The molecule has 0 saturated carbocycles. The van der Waals surface area contributed by atoms with Gasteiger partial charge in [0.05, 0.1) is 0 Å². The summed E-state index contributed by atoms with van der Waals surface area (Å²) in [6.07, 6.45) is 2.98. The number of rotatable bonds is 1. The van der Waals surface area contributed by atoms with Crippen molar-refractivity contribution in [2.75, 3.05) is 0 Å². The molecule has 0 aliphatic rings. The number of allylic oxidation sites excluding steroid dienone is 1. The summed E-state index contributed by atoms with van der Waals surface area (Å²) in [6.45, 7) is 2.06. The summed E-state index contributed by atoms with van der Waals surface area (Å²) < 4.78 is 0. The Morgan fingerprint density at radius 3 is 2.60 bits per heavy atom. The van der Waals surface area contributed by atoms with Crippen LogP contribution < -0.4 is 0 Å². The molecular formula is C4H6Br. The van der Waals surface area contributed by atoms with Crippen molar-refractivity contribution in [1.29, 1.82) is 0 Å². The molecule has 0 aromatic rings. The van der Waals surface area contributed by atoms with E-state index < -0.39 is 0 Å². The van der Waals surface area contributed by atoms with E-state index in [0.29, 0.717) is 0 Å². The lowest BCUT2D eigenvalue weighted by atomic mass is 10.5. The molecule has 0 heterocycles. The number of hydrogen-bond acceptors (Lipinski definition) is 0. The molecule has 0 aliphatic heterocycles. The molecular weight excluding hydrogens is 128 g/mol. The Labute approximate surface area is 41.0 Å². The highest BCUT2D eigenvalue weighted by Crippen LogP contribution is 1.81. The number of hydrogen-bond donors (Lipinski definition) is 0. The van der Waals surface area contributed by atoms with Crippen LogP contribution in [0.2, 0.25) is 0 Å². The van der Waals surface area contributed by atoms with Crippen molar-refractivity contribution >= 4 is 15.9 Å². The van der Waals surface area contributed by atoms with E-state index in [1.54, 1.807) is 0 Å². The van der Waals surface area contributed by atoms with E-state index >= 15 is 0 Å². The number of halogens is 1. The van der Waals surface area contributed by atoms with E-state index in [4.69, 9.17) is 0 Å². The highest BCUT2D eigenvalue weighted by atomic mass is 79.9. The average Bonchev–Trinajstić information content (AvgIpc) is 1.41. The van der Waals surface area contributed by atoms with Crippen molar-refractivity contribution in [3.05, 3.63) is 11.1 Å². The van der Waals surface area contributed by atoms with E-state index in [2.05, 4.69) is 27.8 Å². The van der Waals surface area contributed by atoms with E-state index in [1.807, 2.05) is 6.08 Å². The first-order valence-electron chi connectivity index (χ1n) is 1.59. The Hall–Kier alpha value is 0.220. The molecule has 0 aromatic carbocycles. The summed E-state index contributed by atoms with van der Waals surface area (Å²) in [5, 5.41) is 0. The van der Waals surface area contributed by atoms with E-state index in [9.17, 15) is 0 Å². The van der Waals surface area contributed by atoms with Crippen LogP contribution in [0.25, 0.3) is 0 Å². The molecule has 0 amide bonds. The molecule has 0 fully saturated rings. The quantitative estimate of drug-likeness (QED) is 0.515. The molecule has 0 bridgehead atoms. The SMILES string of the molecule is CC/C=[C]\Br. The minimum absolute atomic E-state index is 1.06. The molecule has 0 nitrogen and oxygen atoms in total. The van der Waals surface area contributed by atoms with Crippen molar-refractivity contribution in [1.82, 2.24) is 0 Å². The Kier molecular flexibility index (Phi) is 4.41. The summed E-state index contributed by atoms with van der Waals surface area (Å²) in [7, 11) is 0. The first-order chi connectivity index (χ1) is 2.41. The lowest BCUT2D eigenvalue weighted by Crippen LogP contribution is -1.41. The van der Waals surface area contributed by atoms with E-state index in [-0.39, 0.29) is 0 Å². The van der Waals surface area contributed by atoms with E-state index in [1.165, 1.54) is 0 Å². The van der Waals surface area contributed by atoms with Gasteiger partial charge in [0.1, 0.15) is 0 Å². The third-order valence-corrected chi connectivity index (χ3v) is 0.605. The summed E-state index contributed by atoms with van der Waals surface area (Å²) in [6, 6.07) is 0. The van der Waals surface area contributed by atoms with Crippen molar-refractivity contribution in [2.45, 2.75) is 13.3 Å². The Morgan fingerprint density at radius 1 is 2.00 bits per heavy atom. The molecule has 0 spiro atoms. The van der Waals surface area contributed by atoms with Crippen LogP contribution in [0.3, 0.4) is 0 Å². The molecule has 0 unspecified atom stereocenters. The second-order valence-electron chi connectivity index (χ2n) is 0.721. The van der Waals surface area contributed by atoms with Gasteiger partial charge in [0, 0.05) is 4.99 Å². The summed E-state index contributed by atoms with van der Waals surface area (Å²) in [5.41, 5.74) is 0. The van der Waals surface area contributed by atoms with E-state index in [0.717, 1.165) is 6.42 Å². The van der Waals surface area contributed by atoms with Gasteiger partial charge in [0.2, 0.25) is 0 Å². The van der Waals surface area contributed by atoms with Crippen molar-refractivity contribution < 1.29 is 0 Å².